The minimum atomic E-state index is 0. The third-order valence-corrected chi connectivity index (χ3v) is 55.2. The molecule has 8 aromatic heterocycles. The molecule has 0 saturated heterocycles. The number of thiophene rings is 2. The van der Waals surface area contributed by atoms with Crippen LogP contribution in [0.25, 0.3) is 200 Å². The average Bonchev–Trinajstić information content (AvgIpc) is 1.56. The van der Waals surface area contributed by atoms with Gasteiger partial charge in [0.05, 0.1) is 60.9 Å². The number of nitrogens with zero attached hydrogens (tertiary/aromatic N) is 5. The van der Waals surface area contributed by atoms with Gasteiger partial charge in [-0.15, -0.1) is 22.7 Å². The van der Waals surface area contributed by atoms with Gasteiger partial charge in [0.2, 0.25) is 0 Å². The van der Waals surface area contributed by atoms with Crippen LogP contribution in [-0.4, -0.2) is 27.8 Å². The van der Waals surface area contributed by atoms with Gasteiger partial charge in [-0.3, -0.25) is 0 Å². The molecule has 16 aromatic carbocycles. The van der Waals surface area contributed by atoms with Gasteiger partial charge in [-0.25, -0.2) is 0 Å². The molecule has 0 spiro atoms. The summed E-state index contributed by atoms with van der Waals surface area (Å²) in [7, 11) is 23.6. The zero-order chi connectivity index (χ0) is 85.3. The fraction of sp³-hybridized carbons (Fsp3) is 0. The van der Waals surface area contributed by atoms with Gasteiger partial charge >= 0.3 is 0 Å². The Bertz CT molecular complexity index is 8720. The molecule has 0 bridgehead atoms. The predicted molar refractivity (Wildman–Crippen MR) is 620 cm³/mol. The summed E-state index contributed by atoms with van der Waals surface area (Å²) >= 11 is 33.4. The molecule has 0 radical (unpaired) electrons. The van der Waals surface area contributed by atoms with Crippen molar-refractivity contribution >= 4 is 433 Å². The molecule has 1 N–H and O–H groups in total. The van der Waals surface area contributed by atoms with Crippen LogP contribution < -0.4 is 0 Å². The molecule has 24 aromatic rings. The molecular formula is C96H59Br3N6S22. The second kappa shape index (κ2) is 40.4. The molecule has 8 heterocycles. The number of rotatable bonds is 5. The van der Waals surface area contributed by atoms with Crippen molar-refractivity contribution in [2.75, 3.05) is 0 Å². The van der Waals surface area contributed by atoms with Crippen LogP contribution in [0.4, 0.5) is 0 Å². The van der Waals surface area contributed by atoms with E-state index >= 15 is 0 Å². The summed E-state index contributed by atoms with van der Waals surface area (Å²) < 4.78 is 20.8. The molecule has 626 valence electrons. The van der Waals surface area contributed by atoms with E-state index in [1.165, 1.54) is 213 Å². The quantitative estimate of drug-likeness (QED) is 0.186. The van der Waals surface area contributed by atoms with E-state index in [1.54, 1.807) is 97.7 Å². The first-order valence-electron chi connectivity index (χ1n) is 38.6. The van der Waals surface area contributed by atoms with E-state index in [-0.39, 0.29) is 13.5 Å². The number of aromatic amines is 1. The molecule has 0 atom stereocenters. The number of hydrogen-bond donors (Lipinski definition) is 1. The summed E-state index contributed by atoms with van der Waals surface area (Å²) in [6.45, 7) is 0. The lowest BCUT2D eigenvalue weighted by atomic mass is 10.1. The molecule has 24 rings (SSSR count). The molecule has 0 unspecified atom stereocenters. The molecule has 0 aliphatic rings. The first-order valence-corrected chi connectivity index (χ1v) is 65.3. The second-order valence-corrected chi connectivity index (χ2v) is 59.8. The van der Waals surface area contributed by atoms with Gasteiger partial charge in [-0.2, -0.15) is 13.5 Å². The Morgan fingerprint density at radius 3 is 0.724 bits per heavy atom. The minimum Gasteiger partial charge on any atom is -0.355 e. The number of halogens is 3. The van der Waals surface area contributed by atoms with Crippen LogP contribution >= 0.6 is 84.0 Å². The Kier molecular flexibility index (Phi) is 28.3. The highest BCUT2D eigenvalue weighted by Crippen LogP contribution is 2.47. The van der Waals surface area contributed by atoms with Crippen LogP contribution in [0.5, 0.6) is 0 Å². The van der Waals surface area contributed by atoms with E-state index in [0.29, 0.717) is 0 Å². The zero-order valence-corrected chi connectivity index (χ0v) is 88.2. The summed E-state index contributed by atoms with van der Waals surface area (Å²) in [4.78, 5) is 3.65. The summed E-state index contributed by atoms with van der Waals surface area (Å²) in [6.07, 6.45) is 0. The minimum absolute atomic E-state index is 0. The Morgan fingerprint density at radius 1 is 0.213 bits per heavy atom. The lowest BCUT2D eigenvalue weighted by molar-refractivity contribution is 1.17. The molecule has 0 aliphatic heterocycles. The highest BCUT2D eigenvalue weighted by atomic mass is 79.9. The molecule has 6 nitrogen and oxygen atoms in total. The Morgan fingerprint density at radius 2 is 0.441 bits per heavy atom. The lowest BCUT2D eigenvalue weighted by Gasteiger charge is -2.12. The van der Waals surface area contributed by atoms with Gasteiger partial charge in [-0.1, -0.05) is 218 Å². The summed E-state index contributed by atoms with van der Waals surface area (Å²) in [6, 6.07) is 123. The molecule has 0 saturated carbocycles. The van der Waals surface area contributed by atoms with Crippen molar-refractivity contribution in [3.63, 3.8) is 0 Å². The maximum absolute atomic E-state index is 4.66. The summed E-state index contributed by atoms with van der Waals surface area (Å²) in [5.41, 5.74) is 20.2. The lowest BCUT2D eigenvalue weighted by Crippen LogP contribution is -1.97. The van der Waals surface area contributed by atoms with Gasteiger partial charge in [-0.05, 0) is 170 Å². The fourth-order valence-corrected chi connectivity index (χ4v) is 52.0. The Hall–Kier alpha value is -7.27. The number of para-hydroxylation sites is 8. The molecule has 0 amide bonds. The van der Waals surface area contributed by atoms with Crippen LogP contribution in [-0.2, 0) is 178 Å². The number of H-pyrrole nitrogens is 1. The number of hydrogen-bond acceptors (Lipinski definition) is 6. The SMILES string of the molecule is Brc1cccc2sc3cccc(-n4c5ccc(-n6c7ccccc7c7ccccc76)cc5c5cc(-n6c7ccccc7c7ccccc76)ccc54)c3c12.Brc1cccc2sc3cccc(Br)c3c12.S.S=S=S=S=S=S=S=S=S.S=S=S=S=S=S=S=S=S=S.c1ccc2c(c1)c1ccccc1n2-c1ccc2[nH]c3ccc(-n4c5ccccc5c5ccccc54)cc3c2c1. The smallest absolute Gasteiger partial charge is 0.0555 e. The Labute approximate surface area is 830 Å². The zero-order valence-electron chi connectivity index (χ0n) is 65.3. The van der Waals surface area contributed by atoms with Crippen molar-refractivity contribution in [2.24, 2.45) is 0 Å². The van der Waals surface area contributed by atoms with E-state index in [0.717, 1.165) is 35.8 Å². The summed E-state index contributed by atoms with van der Waals surface area (Å²) in [5, 5.41) is 20.2. The molecule has 31 heteroatoms. The molecule has 0 aliphatic carbocycles. The molecule has 127 heavy (non-hydrogen) atoms. The molecular weight excluding hydrogens is 2180 g/mol. The van der Waals surface area contributed by atoms with Gasteiger partial charge < -0.3 is 27.8 Å². The maximum Gasteiger partial charge on any atom is 0.0555 e. The monoisotopic (exact) mass is 2240 g/mol. The average molecular weight is 2240 g/mol. The van der Waals surface area contributed by atoms with Crippen LogP contribution in [0.15, 0.2) is 353 Å². The number of benzene rings is 16. The van der Waals surface area contributed by atoms with Gasteiger partial charge in [0.15, 0.2) is 0 Å². The largest absolute Gasteiger partial charge is 0.355 e. The fourth-order valence-electron chi connectivity index (χ4n) is 17.4. The van der Waals surface area contributed by atoms with Crippen LogP contribution in [0, 0.1) is 0 Å². The van der Waals surface area contributed by atoms with Crippen LogP contribution in [0.3, 0.4) is 0 Å². The number of aromatic nitrogens is 6. The third-order valence-electron chi connectivity index (χ3n) is 22.1. The van der Waals surface area contributed by atoms with Gasteiger partial charge in [0.25, 0.3) is 0 Å². The normalized spacial score (nSPS) is 11.2. The first-order chi connectivity index (χ1) is 62.2. The van der Waals surface area contributed by atoms with E-state index < -0.39 is 0 Å². The van der Waals surface area contributed by atoms with Crippen molar-refractivity contribution < 1.29 is 0 Å². The predicted octanol–water partition coefficient (Wildman–Crippen LogP) is 29.3. The van der Waals surface area contributed by atoms with Crippen LogP contribution in [0.1, 0.15) is 0 Å². The van der Waals surface area contributed by atoms with Crippen molar-refractivity contribution in [3.05, 3.63) is 353 Å². The number of nitrogens with one attached hydrogen (secondary N) is 1. The standard InChI is InChI=1S/C48H28BrN3S.C36H23N3.C12H6Br2S.S10.S9.H2S/c49-37-15-9-21-45-47(37)48-44(20-10-22-46(48)53-45)52-42-25-23-29(50-38-16-5-1-11-31(38)32-12-2-6-17-39(32)50)27-35(42)36-28-30(24-26-43(36)52)51-40-18-7-3-13-33(40)34-14-4-8-19-41(34)51;1-5-13-33-25(9-1)26-10-2-6-14-34(26)38(33)23-17-19-31-29(21-23)30-22-24(18-20-32(30)37-31)39-35-15-7-3-11-27(35)28-12-4-8-16-36(28)39;13-7-3-1-5-9-11(7)12-8(14)4-2-6-10(12)15-9;1-3-5-7-9-10-8-6-4-2;1-3-5-7-9-8-6-4-2;/h1-28H;1-22,37H;1-6H;;;1H2. The van der Waals surface area contributed by atoms with E-state index in [4.69, 9.17) is 0 Å². The Balaban J connectivity index is 0.000000123. The maximum atomic E-state index is 4.66. The van der Waals surface area contributed by atoms with Crippen molar-refractivity contribution in [3.8, 4) is 28.4 Å². The summed E-state index contributed by atoms with van der Waals surface area (Å²) in [5.74, 6) is 0. The highest BCUT2D eigenvalue weighted by molar-refractivity contribution is 9.11. The van der Waals surface area contributed by atoms with Gasteiger partial charge in [0, 0.05) is 330 Å². The molecule has 0 fully saturated rings. The second-order valence-electron chi connectivity index (χ2n) is 28.5. The van der Waals surface area contributed by atoms with E-state index in [9.17, 15) is 0 Å². The van der Waals surface area contributed by atoms with Crippen LogP contribution in [0.2, 0.25) is 0 Å². The van der Waals surface area contributed by atoms with Crippen molar-refractivity contribution in [1.82, 2.24) is 27.8 Å². The van der Waals surface area contributed by atoms with Crippen molar-refractivity contribution in [1.29, 1.82) is 0 Å². The van der Waals surface area contributed by atoms with E-state index in [2.05, 4.69) is 460 Å². The van der Waals surface area contributed by atoms with E-state index in [1.807, 2.05) is 22.7 Å². The highest BCUT2D eigenvalue weighted by Gasteiger charge is 2.24. The first kappa shape index (κ1) is 89.0. The number of fused-ring (bicyclic) bond motifs is 24. The van der Waals surface area contributed by atoms with Gasteiger partial charge in [0.1, 0.15) is 0 Å². The topological polar surface area (TPSA) is 40.4 Å². The van der Waals surface area contributed by atoms with Crippen molar-refractivity contribution in [2.45, 2.75) is 0 Å². The third kappa shape index (κ3) is 17.3.